The molecule has 0 N–H and O–H groups in total. The van der Waals surface area contributed by atoms with E-state index in [1.54, 1.807) is 6.08 Å². The minimum Gasteiger partial charge on any atom is -0.468 e. The molecular formula is C22H27N3O5. The van der Waals surface area contributed by atoms with Crippen molar-refractivity contribution in [3.05, 3.63) is 58.4 Å². The van der Waals surface area contributed by atoms with E-state index in [-0.39, 0.29) is 13.1 Å². The maximum atomic E-state index is 12.6. The van der Waals surface area contributed by atoms with Gasteiger partial charge in [0.05, 0.1) is 26.5 Å². The van der Waals surface area contributed by atoms with Gasteiger partial charge in [0.1, 0.15) is 13.1 Å². The van der Waals surface area contributed by atoms with Crippen LogP contribution in [0.15, 0.2) is 30.3 Å². The zero-order valence-corrected chi connectivity index (χ0v) is 18.0. The van der Waals surface area contributed by atoms with Gasteiger partial charge >= 0.3 is 11.9 Å². The number of hydrogen-bond donors (Lipinski definition) is 0. The molecule has 0 bridgehead atoms. The quantitative estimate of drug-likeness (QED) is 0.486. The highest BCUT2D eigenvalue weighted by Crippen LogP contribution is 2.17. The molecule has 1 heterocycles. The van der Waals surface area contributed by atoms with Gasteiger partial charge in [0.25, 0.3) is 0 Å². The van der Waals surface area contributed by atoms with Crippen LogP contribution in [0.5, 0.6) is 0 Å². The number of nitrogens with zero attached hydrogens (tertiary/aromatic N) is 3. The molecule has 0 spiro atoms. The third kappa shape index (κ3) is 6.04. The first-order chi connectivity index (χ1) is 14.2. The molecule has 0 aliphatic rings. The Morgan fingerprint density at radius 1 is 1.00 bits per heavy atom. The highest BCUT2D eigenvalue weighted by atomic mass is 16.5. The summed E-state index contributed by atoms with van der Waals surface area (Å²) in [5.41, 5.74) is 4.81. The Balaban J connectivity index is 2.19. The Bertz CT molecular complexity index is 926. The zero-order chi connectivity index (χ0) is 22.3. The van der Waals surface area contributed by atoms with E-state index in [0.29, 0.717) is 6.54 Å². The van der Waals surface area contributed by atoms with E-state index in [9.17, 15) is 14.4 Å². The van der Waals surface area contributed by atoms with Gasteiger partial charge in [-0.2, -0.15) is 5.10 Å². The van der Waals surface area contributed by atoms with E-state index in [4.69, 9.17) is 0 Å². The first-order valence-electron chi connectivity index (χ1n) is 9.45. The van der Waals surface area contributed by atoms with Gasteiger partial charge in [-0.3, -0.25) is 19.1 Å². The summed E-state index contributed by atoms with van der Waals surface area (Å²) in [6.07, 6.45) is 2.96. The third-order valence-corrected chi connectivity index (χ3v) is 4.69. The summed E-state index contributed by atoms with van der Waals surface area (Å²) >= 11 is 0. The lowest BCUT2D eigenvalue weighted by Gasteiger charge is -2.18. The van der Waals surface area contributed by atoms with Crippen molar-refractivity contribution in [1.29, 1.82) is 0 Å². The molecule has 0 aliphatic carbocycles. The molecule has 30 heavy (non-hydrogen) atoms. The van der Waals surface area contributed by atoms with Crippen LogP contribution < -0.4 is 0 Å². The van der Waals surface area contributed by atoms with Crippen LogP contribution in [0.2, 0.25) is 0 Å². The van der Waals surface area contributed by atoms with E-state index >= 15 is 0 Å². The van der Waals surface area contributed by atoms with Crippen molar-refractivity contribution >= 4 is 23.9 Å². The number of aryl methyl sites for hydroxylation is 2. The fraction of sp³-hybridized carbons (Fsp3) is 0.364. The molecule has 0 radical (unpaired) electrons. The van der Waals surface area contributed by atoms with E-state index in [2.05, 4.69) is 38.8 Å². The molecule has 160 valence electrons. The van der Waals surface area contributed by atoms with Crippen molar-refractivity contribution in [2.45, 2.75) is 27.3 Å². The smallest absolute Gasteiger partial charge is 0.325 e. The van der Waals surface area contributed by atoms with Crippen molar-refractivity contribution in [3.8, 4) is 0 Å². The number of benzene rings is 1. The number of amides is 1. The van der Waals surface area contributed by atoms with Crippen LogP contribution in [0.3, 0.4) is 0 Å². The van der Waals surface area contributed by atoms with Crippen LogP contribution >= 0.6 is 0 Å². The predicted molar refractivity (Wildman–Crippen MR) is 112 cm³/mol. The monoisotopic (exact) mass is 413 g/mol. The number of esters is 2. The number of aromatic nitrogens is 2. The first kappa shape index (κ1) is 22.9. The van der Waals surface area contributed by atoms with Gasteiger partial charge in [-0.05, 0) is 32.4 Å². The van der Waals surface area contributed by atoms with E-state index < -0.39 is 17.8 Å². The topological polar surface area (TPSA) is 90.7 Å². The van der Waals surface area contributed by atoms with Crippen LogP contribution in [-0.4, -0.2) is 59.8 Å². The second kappa shape index (κ2) is 10.4. The summed E-state index contributed by atoms with van der Waals surface area (Å²) in [4.78, 5) is 36.8. The number of hydrogen-bond acceptors (Lipinski definition) is 6. The molecule has 1 aromatic heterocycles. The SMILES string of the molecule is COC(=O)CN(CC(=O)OC)C(=O)/C=C/c1c(C)nn(Cc2ccc(C)cc2)c1C. The molecule has 2 rings (SSSR count). The summed E-state index contributed by atoms with van der Waals surface area (Å²) in [5, 5.41) is 4.57. The van der Waals surface area contributed by atoms with Crippen molar-refractivity contribution in [3.63, 3.8) is 0 Å². The van der Waals surface area contributed by atoms with Crippen LogP contribution in [0.1, 0.15) is 28.1 Å². The van der Waals surface area contributed by atoms with Crippen molar-refractivity contribution in [2.75, 3.05) is 27.3 Å². The number of ether oxygens (including phenoxy) is 2. The number of carbonyl (C=O) groups is 3. The molecule has 0 unspecified atom stereocenters. The number of methoxy groups -OCH3 is 2. The van der Waals surface area contributed by atoms with Crippen molar-refractivity contribution in [2.24, 2.45) is 0 Å². The average molecular weight is 413 g/mol. The number of carbonyl (C=O) groups excluding carboxylic acids is 3. The highest BCUT2D eigenvalue weighted by molar-refractivity contribution is 5.95. The van der Waals surface area contributed by atoms with Gasteiger partial charge in [-0.1, -0.05) is 29.8 Å². The molecule has 8 heteroatoms. The molecule has 0 saturated heterocycles. The van der Waals surface area contributed by atoms with Crippen LogP contribution in [0.4, 0.5) is 0 Å². The maximum absolute atomic E-state index is 12.6. The van der Waals surface area contributed by atoms with Gasteiger partial charge in [-0.25, -0.2) is 0 Å². The summed E-state index contributed by atoms with van der Waals surface area (Å²) < 4.78 is 11.1. The van der Waals surface area contributed by atoms with Gasteiger partial charge in [0.2, 0.25) is 5.91 Å². The first-order valence-corrected chi connectivity index (χ1v) is 9.45. The molecule has 0 saturated carbocycles. The van der Waals surface area contributed by atoms with Gasteiger partial charge in [-0.15, -0.1) is 0 Å². The second-order valence-corrected chi connectivity index (χ2v) is 6.91. The average Bonchev–Trinajstić information content (AvgIpc) is 2.99. The minimum atomic E-state index is -0.626. The molecule has 0 fully saturated rings. The Labute approximate surface area is 176 Å². The lowest BCUT2D eigenvalue weighted by Crippen LogP contribution is -2.39. The molecular weight excluding hydrogens is 386 g/mol. The molecule has 2 aromatic rings. The fourth-order valence-electron chi connectivity index (χ4n) is 2.88. The van der Waals surface area contributed by atoms with Crippen LogP contribution in [0.25, 0.3) is 6.08 Å². The maximum Gasteiger partial charge on any atom is 0.325 e. The van der Waals surface area contributed by atoms with Crippen molar-refractivity contribution < 1.29 is 23.9 Å². The third-order valence-electron chi connectivity index (χ3n) is 4.69. The fourth-order valence-corrected chi connectivity index (χ4v) is 2.88. The summed E-state index contributed by atoms with van der Waals surface area (Å²) in [5.74, 6) is -1.76. The van der Waals surface area contributed by atoms with Crippen LogP contribution in [-0.2, 0) is 30.4 Å². The second-order valence-electron chi connectivity index (χ2n) is 6.91. The van der Waals surface area contributed by atoms with Gasteiger partial charge in [0.15, 0.2) is 0 Å². The normalized spacial score (nSPS) is 10.8. The molecule has 1 amide bonds. The Morgan fingerprint density at radius 2 is 1.57 bits per heavy atom. The standard InChI is InChI=1S/C22H27N3O5/c1-15-6-8-18(9-7-15)12-25-17(3)19(16(2)23-25)10-11-20(26)24(13-21(27)29-4)14-22(28)30-5/h6-11H,12-14H2,1-5H3/b11-10+. The lowest BCUT2D eigenvalue weighted by atomic mass is 10.1. The van der Waals surface area contributed by atoms with E-state index in [1.165, 1.54) is 25.9 Å². The lowest BCUT2D eigenvalue weighted by molar-refractivity contribution is -0.150. The largest absolute Gasteiger partial charge is 0.468 e. The number of rotatable bonds is 8. The van der Waals surface area contributed by atoms with Gasteiger partial charge in [0, 0.05) is 17.3 Å². The highest BCUT2D eigenvalue weighted by Gasteiger charge is 2.19. The Morgan fingerprint density at radius 3 is 2.10 bits per heavy atom. The summed E-state index contributed by atoms with van der Waals surface area (Å²) in [6, 6.07) is 8.22. The minimum absolute atomic E-state index is 0.348. The van der Waals surface area contributed by atoms with E-state index in [0.717, 1.165) is 27.4 Å². The van der Waals surface area contributed by atoms with Gasteiger partial charge < -0.3 is 14.4 Å². The Hall–Kier alpha value is -3.42. The van der Waals surface area contributed by atoms with Crippen molar-refractivity contribution in [1.82, 2.24) is 14.7 Å². The molecule has 8 nitrogen and oxygen atoms in total. The summed E-state index contributed by atoms with van der Waals surface area (Å²) in [7, 11) is 2.43. The molecule has 0 aliphatic heterocycles. The summed E-state index contributed by atoms with van der Waals surface area (Å²) in [6.45, 7) is 5.75. The molecule has 1 aromatic carbocycles. The van der Waals surface area contributed by atoms with E-state index in [1.807, 2.05) is 25.5 Å². The van der Waals surface area contributed by atoms with Crippen LogP contribution in [0, 0.1) is 20.8 Å². The zero-order valence-electron chi connectivity index (χ0n) is 18.0. The molecule has 0 atom stereocenters. The Kier molecular flexibility index (Phi) is 7.91. The predicted octanol–water partition coefficient (Wildman–Crippen LogP) is 2.04.